The number of hydrogen-bond donors (Lipinski definition) is 0. The van der Waals surface area contributed by atoms with Crippen LogP contribution in [0.15, 0.2) is 66.7 Å². The summed E-state index contributed by atoms with van der Waals surface area (Å²) in [5.41, 5.74) is 5.62. The zero-order chi connectivity index (χ0) is 22.8. The molecule has 1 fully saturated rings. The molecular weight excluding hydrogens is 408 g/mol. The highest BCUT2D eigenvalue weighted by Gasteiger charge is 2.30. The SMILES string of the molecule is CN(C)c1nc(-c2ccccc2)ccc1C(=O)N1CCN(C2CCc3ccccc3C2)CC1. The Kier molecular flexibility index (Phi) is 6.14. The maximum absolute atomic E-state index is 13.5. The maximum atomic E-state index is 13.5. The van der Waals surface area contributed by atoms with Crippen molar-refractivity contribution >= 4 is 11.7 Å². The number of benzene rings is 2. The van der Waals surface area contributed by atoms with Crippen LogP contribution in [0.1, 0.15) is 27.9 Å². The number of pyridine rings is 1. The van der Waals surface area contributed by atoms with Gasteiger partial charge in [-0.3, -0.25) is 9.69 Å². The minimum Gasteiger partial charge on any atom is -0.362 e. The van der Waals surface area contributed by atoms with Crippen molar-refractivity contribution in [3.8, 4) is 11.3 Å². The van der Waals surface area contributed by atoms with E-state index in [2.05, 4.69) is 29.2 Å². The molecule has 2 aromatic carbocycles. The van der Waals surface area contributed by atoms with E-state index in [4.69, 9.17) is 4.98 Å². The highest BCUT2D eigenvalue weighted by Crippen LogP contribution is 2.27. The molecule has 5 heteroatoms. The number of piperazine rings is 1. The van der Waals surface area contributed by atoms with E-state index >= 15 is 0 Å². The Hall–Kier alpha value is -3.18. The predicted molar refractivity (Wildman–Crippen MR) is 134 cm³/mol. The average Bonchev–Trinajstić information content (AvgIpc) is 2.88. The molecule has 0 N–H and O–H groups in total. The number of hydrogen-bond acceptors (Lipinski definition) is 4. The van der Waals surface area contributed by atoms with Crippen molar-refractivity contribution in [2.45, 2.75) is 25.3 Å². The Bertz CT molecular complexity index is 1120. The van der Waals surface area contributed by atoms with Crippen molar-refractivity contribution in [1.82, 2.24) is 14.8 Å². The van der Waals surface area contributed by atoms with Crippen LogP contribution in [0.4, 0.5) is 5.82 Å². The summed E-state index contributed by atoms with van der Waals surface area (Å²) in [5, 5.41) is 0. The predicted octanol–water partition coefficient (Wildman–Crippen LogP) is 4.13. The van der Waals surface area contributed by atoms with Gasteiger partial charge in [0, 0.05) is 51.9 Å². The van der Waals surface area contributed by atoms with Crippen LogP contribution in [0.5, 0.6) is 0 Å². The van der Waals surface area contributed by atoms with Crippen LogP contribution in [0.3, 0.4) is 0 Å². The van der Waals surface area contributed by atoms with Crippen LogP contribution in [-0.2, 0) is 12.8 Å². The third-order valence-electron chi connectivity index (χ3n) is 7.04. The van der Waals surface area contributed by atoms with E-state index < -0.39 is 0 Å². The van der Waals surface area contributed by atoms with Crippen molar-refractivity contribution in [3.63, 3.8) is 0 Å². The molecule has 0 bridgehead atoms. The van der Waals surface area contributed by atoms with Crippen molar-refractivity contribution in [2.24, 2.45) is 0 Å². The number of aryl methyl sites for hydroxylation is 1. The molecule has 33 heavy (non-hydrogen) atoms. The summed E-state index contributed by atoms with van der Waals surface area (Å²) in [5.74, 6) is 0.812. The van der Waals surface area contributed by atoms with Crippen LogP contribution in [0.25, 0.3) is 11.3 Å². The summed E-state index contributed by atoms with van der Waals surface area (Å²) in [6.45, 7) is 3.41. The maximum Gasteiger partial charge on any atom is 0.257 e. The third-order valence-corrected chi connectivity index (χ3v) is 7.04. The molecule has 0 radical (unpaired) electrons. The van der Waals surface area contributed by atoms with Gasteiger partial charge < -0.3 is 9.80 Å². The molecule has 170 valence electrons. The van der Waals surface area contributed by atoms with Crippen LogP contribution in [0.2, 0.25) is 0 Å². The molecule has 1 aromatic heterocycles. The molecule has 2 aliphatic rings. The lowest BCUT2D eigenvalue weighted by molar-refractivity contribution is 0.0553. The zero-order valence-electron chi connectivity index (χ0n) is 19.6. The number of aromatic nitrogens is 1. The first-order valence-electron chi connectivity index (χ1n) is 11.9. The molecule has 1 aliphatic heterocycles. The molecule has 1 saturated heterocycles. The molecule has 2 heterocycles. The first-order valence-corrected chi connectivity index (χ1v) is 11.9. The van der Waals surface area contributed by atoms with Gasteiger partial charge in [0.25, 0.3) is 5.91 Å². The highest BCUT2D eigenvalue weighted by molar-refractivity contribution is 5.99. The summed E-state index contributed by atoms with van der Waals surface area (Å²) >= 11 is 0. The van der Waals surface area contributed by atoms with Crippen molar-refractivity contribution in [1.29, 1.82) is 0 Å². The number of fused-ring (bicyclic) bond motifs is 1. The summed E-state index contributed by atoms with van der Waals surface area (Å²) in [4.78, 5) is 24.8. The Morgan fingerprint density at radius 1 is 0.879 bits per heavy atom. The fraction of sp³-hybridized carbons (Fsp3) is 0.357. The molecular formula is C28H32N4O. The molecule has 1 aliphatic carbocycles. The number of rotatable bonds is 4. The van der Waals surface area contributed by atoms with Crippen molar-refractivity contribution in [2.75, 3.05) is 45.2 Å². The zero-order valence-corrected chi connectivity index (χ0v) is 19.6. The Balaban J connectivity index is 1.27. The van der Waals surface area contributed by atoms with Gasteiger partial charge in [0.05, 0.1) is 11.3 Å². The van der Waals surface area contributed by atoms with Gasteiger partial charge in [-0.25, -0.2) is 4.98 Å². The third kappa shape index (κ3) is 4.51. The molecule has 5 rings (SSSR count). The summed E-state index contributed by atoms with van der Waals surface area (Å²) < 4.78 is 0. The van der Waals surface area contributed by atoms with Gasteiger partial charge in [-0.1, -0.05) is 54.6 Å². The second-order valence-corrected chi connectivity index (χ2v) is 9.32. The van der Waals surface area contributed by atoms with Crippen LogP contribution < -0.4 is 4.90 Å². The Morgan fingerprint density at radius 2 is 1.58 bits per heavy atom. The lowest BCUT2D eigenvalue weighted by Crippen LogP contribution is -2.53. The largest absolute Gasteiger partial charge is 0.362 e. The van der Waals surface area contributed by atoms with E-state index in [1.807, 2.05) is 66.4 Å². The molecule has 1 atom stereocenters. The van der Waals surface area contributed by atoms with Gasteiger partial charge in [-0.2, -0.15) is 0 Å². The fourth-order valence-corrected chi connectivity index (χ4v) is 5.18. The standard InChI is InChI=1S/C28H32N4O/c1-30(2)27-25(14-15-26(29-27)22-9-4-3-5-10-22)28(33)32-18-16-31(17-19-32)24-13-12-21-8-6-7-11-23(21)20-24/h3-11,14-15,24H,12-13,16-20H2,1-2H3. The molecule has 0 saturated carbocycles. The van der Waals surface area contributed by atoms with E-state index in [0.717, 1.165) is 56.1 Å². The van der Waals surface area contributed by atoms with E-state index in [-0.39, 0.29) is 5.91 Å². The summed E-state index contributed by atoms with van der Waals surface area (Å²) in [7, 11) is 3.90. The van der Waals surface area contributed by atoms with Crippen LogP contribution in [0, 0.1) is 0 Å². The molecule has 1 amide bonds. The lowest BCUT2D eigenvalue weighted by atomic mass is 9.87. The lowest BCUT2D eigenvalue weighted by Gasteiger charge is -2.41. The fourth-order valence-electron chi connectivity index (χ4n) is 5.18. The Labute approximate surface area is 196 Å². The Morgan fingerprint density at radius 3 is 2.30 bits per heavy atom. The smallest absolute Gasteiger partial charge is 0.257 e. The van der Waals surface area contributed by atoms with Gasteiger partial charge in [0.1, 0.15) is 5.82 Å². The van der Waals surface area contributed by atoms with E-state index in [1.165, 1.54) is 17.5 Å². The van der Waals surface area contributed by atoms with Crippen molar-refractivity contribution < 1.29 is 4.79 Å². The van der Waals surface area contributed by atoms with Gasteiger partial charge in [0.2, 0.25) is 0 Å². The number of carbonyl (C=O) groups is 1. The van der Waals surface area contributed by atoms with Gasteiger partial charge in [-0.05, 0) is 42.5 Å². The quantitative estimate of drug-likeness (QED) is 0.612. The van der Waals surface area contributed by atoms with Gasteiger partial charge in [-0.15, -0.1) is 0 Å². The molecule has 3 aromatic rings. The van der Waals surface area contributed by atoms with Crippen LogP contribution in [-0.4, -0.2) is 67.0 Å². The van der Waals surface area contributed by atoms with E-state index in [1.54, 1.807) is 0 Å². The highest BCUT2D eigenvalue weighted by atomic mass is 16.2. The minimum absolute atomic E-state index is 0.0828. The first-order chi connectivity index (χ1) is 16.1. The van der Waals surface area contributed by atoms with E-state index in [0.29, 0.717) is 11.6 Å². The molecule has 5 nitrogen and oxygen atoms in total. The monoisotopic (exact) mass is 440 g/mol. The van der Waals surface area contributed by atoms with Gasteiger partial charge in [0.15, 0.2) is 0 Å². The topological polar surface area (TPSA) is 39.7 Å². The summed E-state index contributed by atoms with van der Waals surface area (Å²) in [6.07, 6.45) is 3.49. The molecule has 1 unspecified atom stereocenters. The second kappa shape index (κ2) is 9.36. The number of amides is 1. The average molecular weight is 441 g/mol. The van der Waals surface area contributed by atoms with Crippen molar-refractivity contribution in [3.05, 3.63) is 83.4 Å². The normalized spacial score (nSPS) is 18.6. The second-order valence-electron chi connectivity index (χ2n) is 9.32. The van der Waals surface area contributed by atoms with E-state index in [9.17, 15) is 4.79 Å². The van der Waals surface area contributed by atoms with Gasteiger partial charge >= 0.3 is 0 Å². The number of carbonyl (C=O) groups excluding carboxylic acids is 1. The van der Waals surface area contributed by atoms with Crippen LogP contribution >= 0.6 is 0 Å². The number of anilines is 1. The summed E-state index contributed by atoms with van der Waals surface area (Å²) in [6, 6.07) is 23.4. The number of nitrogens with zero attached hydrogens (tertiary/aromatic N) is 4. The minimum atomic E-state index is 0.0828. The first kappa shape index (κ1) is 21.7. The molecule has 0 spiro atoms.